The first-order valence-electron chi connectivity index (χ1n) is 7.02. The highest BCUT2D eigenvalue weighted by Crippen LogP contribution is 2.24. The van der Waals surface area contributed by atoms with Gasteiger partial charge in [-0.25, -0.2) is 0 Å². The molecule has 0 saturated heterocycles. The van der Waals surface area contributed by atoms with Crippen LogP contribution in [-0.4, -0.2) is 11.9 Å². The van der Waals surface area contributed by atoms with Gasteiger partial charge in [0.15, 0.2) is 5.76 Å². The van der Waals surface area contributed by atoms with E-state index in [1.807, 2.05) is 30.3 Å². The normalized spacial score (nSPS) is 23.4. The van der Waals surface area contributed by atoms with Gasteiger partial charge in [-0.2, -0.15) is 0 Å². The van der Waals surface area contributed by atoms with Crippen LogP contribution >= 0.6 is 0 Å². The van der Waals surface area contributed by atoms with E-state index in [0.717, 1.165) is 29.7 Å². The molecule has 100 valence electrons. The lowest BCUT2D eigenvalue weighted by Crippen LogP contribution is -2.37. The largest absolute Gasteiger partial charge is 0.451 e. The van der Waals surface area contributed by atoms with Crippen LogP contribution in [0, 0.1) is 5.92 Å². The van der Waals surface area contributed by atoms with Gasteiger partial charge in [-0.3, -0.25) is 4.79 Å². The van der Waals surface area contributed by atoms with Gasteiger partial charge in [-0.1, -0.05) is 25.1 Å². The first-order valence-corrected chi connectivity index (χ1v) is 7.02. The van der Waals surface area contributed by atoms with Crippen LogP contribution in [0.2, 0.25) is 0 Å². The predicted octanol–water partition coefficient (Wildman–Crippen LogP) is 3.74. The van der Waals surface area contributed by atoms with Crippen LogP contribution in [0.1, 0.15) is 43.2 Å². The monoisotopic (exact) mass is 257 g/mol. The maximum Gasteiger partial charge on any atom is 0.287 e. The van der Waals surface area contributed by atoms with Crippen molar-refractivity contribution in [3.63, 3.8) is 0 Å². The second-order valence-electron chi connectivity index (χ2n) is 5.58. The molecule has 1 aliphatic rings. The van der Waals surface area contributed by atoms with E-state index in [-0.39, 0.29) is 5.91 Å². The second-order valence-corrected chi connectivity index (χ2v) is 5.58. The molecule has 0 bridgehead atoms. The summed E-state index contributed by atoms with van der Waals surface area (Å²) in [5, 5.41) is 4.06. The van der Waals surface area contributed by atoms with Crippen LogP contribution in [0.15, 0.2) is 34.7 Å². The highest BCUT2D eigenvalue weighted by molar-refractivity contribution is 5.96. The third kappa shape index (κ3) is 2.65. The Morgan fingerprint density at radius 3 is 2.68 bits per heavy atom. The summed E-state index contributed by atoms with van der Waals surface area (Å²) in [6.45, 7) is 2.28. The topological polar surface area (TPSA) is 42.2 Å². The van der Waals surface area contributed by atoms with Gasteiger partial charge in [0.2, 0.25) is 0 Å². The zero-order chi connectivity index (χ0) is 13.2. The lowest BCUT2D eigenvalue weighted by Gasteiger charge is -2.26. The Bertz CT molecular complexity index is 546. The van der Waals surface area contributed by atoms with Crippen molar-refractivity contribution in [3.05, 3.63) is 36.1 Å². The summed E-state index contributed by atoms with van der Waals surface area (Å²) in [6, 6.07) is 9.82. The number of furan rings is 1. The van der Waals surface area contributed by atoms with E-state index < -0.39 is 0 Å². The molecule has 1 aliphatic carbocycles. The minimum Gasteiger partial charge on any atom is -0.451 e. The molecule has 1 amide bonds. The Balaban J connectivity index is 1.70. The first-order chi connectivity index (χ1) is 9.22. The summed E-state index contributed by atoms with van der Waals surface area (Å²) in [6.07, 6.45) is 4.55. The summed E-state index contributed by atoms with van der Waals surface area (Å²) in [5.74, 6) is 1.12. The Kier molecular flexibility index (Phi) is 3.28. The van der Waals surface area contributed by atoms with Crippen LogP contribution in [0.5, 0.6) is 0 Å². The molecule has 1 saturated carbocycles. The van der Waals surface area contributed by atoms with E-state index in [0.29, 0.717) is 11.8 Å². The molecule has 2 aromatic rings. The minimum atomic E-state index is -0.0873. The molecule has 1 aromatic heterocycles. The van der Waals surface area contributed by atoms with Crippen LogP contribution in [-0.2, 0) is 0 Å². The number of carbonyl (C=O) groups is 1. The Hall–Kier alpha value is -1.77. The summed E-state index contributed by atoms with van der Waals surface area (Å²) in [7, 11) is 0. The van der Waals surface area contributed by atoms with Gasteiger partial charge in [0, 0.05) is 11.4 Å². The minimum absolute atomic E-state index is 0.0873. The fourth-order valence-electron chi connectivity index (χ4n) is 2.75. The average Bonchev–Trinajstić information content (AvgIpc) is 2.85. The molecule has 3 heteroatoms. The van der Waals surface area contributed by atoms with Crippen molar-refractivity contribution < 1.29 is 9.21 Å². The maximum atomic E-state index is 12.2. The number of rotatable bonds is 2. The SMILES string of the molecule is CC1CCC(NC(=O)c2cc3ccccc3o2)CC1. The fraction of sp³-hybridized carbons (Fsp3) is 0.438. The van der Waals surface area contributed by atoms with Crippen molar-refractivity contribution in [2.75, 3.05) is 0 Å². The van der Waals surface area contributed by atoms with Crippen LogP contribution in [0.25, 0.3) is 11.0 Å². The Morgan fingerprint density at radius 2 is 1.95 bits per heavy atom. The van der Waals surface area contributed by atoms with Crippen molar-refractivity contribution in [2.45, 2.75) is 38.6 Å². The van der Waals surface area contributed by atoms with Gasteiger partial charge < -0.3 is 9.73 Å². The van der Waals surface area contributed by atoms with Gasteiger partial charge in [-0.05, 0) is 43.7 Å². The number of hydrogen-bond acceptors (Lipinski definition) is 2. The molecule has 1 aromatic carbocycles. The molecule has 0 atom stereocenters. The molecular formula is C16H19NO2. The molecule has 1 fully saturated rings. The highest BCUT2D eigenvalue weighted by atomic mass is 16.3. The van der Waals surface area contributed by atoms with Crippen molar-refractivity contribution in [3.8, 4) is 0 Å². The number of benzene rings is 1. The van der Waals surface area contributed by atoms with E-state index in [2.05, 4.69) is 12.2 Å². The molecule has 0 spiro atoms. The number of hydrogen-bond donors (Lipinski definition) is 1. The summed E-state index contributed by atoms with van der Waals surface area (Å²) >= 11 is 0. The number of carbonyl (C=O) groups excluding carboxylic acids is 1. The zero-order valence-electron chi connectivity index (χ0n) is 11.2. The number of nitrogens with one attached hydrogen (secondary N) is 1. The standard InChI is InChI=1S/C16H19NO2/c1-11-6-8-13(9-7-11)17-16(18)15-10-12-4-2-3-5-14(12)19-15/h2-5,10-11,13H,6-9H2,1H3,(H,17,18). The number of fused-ring (bicyclic) bond motifs is 1. The zero-order valence-corrected chi connectivity index (χ0v) is 11.2. The number of amides is 1. The van der Waals surface area contributed by atoms with E-state index >= 15 is 0 Å². The molecule has 19 heavy (non-hydrogen) atoms. The molecule has 0 unspecified atom stereocenters. The summed E-state index contributed by atoms with van der Waals surface area (Å²) in [5.41, 5.74) is 0.768. The van der Waals surface area contributed by atoms with Crippen molar-refractivity contribution in [2.24, 2.45) is 5.92 Å². The van der Waals surface area contributed by atoms with E-state index in [9.17, 15) is 4.79 Å². The fourth-order valence-corrected chi connectivity index (χ4v) is 2.75. The molecular weight excluding hydrogens is 238 g/mol. The maximum absolute atomic E-state index is 12.2. The molecule has 3 rings (SSSR count). The summed E-state index contributed by atoms with van der Waals surface area (Å²) < 4.78 is 5.58. The van der Waals surface area contributed by atoms with E-state index in [1.54, 1.807) is 0 Å². The van der Waals surface area contributed by atoms with Crippen molar-refractivity contribution in [1.82, 2.24) is 5.32 Å². The third-order valence-electron chi connectivity index (χ3n) is 4.00. The smallest absolute Gasteiger partial charge is 0.287 e. The molecule has 0 radical (unpaired) electrons. The third-order valence-corrected chi connectivity index (χ3v) is 4.00. The van der Waals surface area contributed by atoms with Crippen molar-refractivity contribution >= 4 is 16.9 Å². The second kappa shape index (κ2) is 5.08. The van der Waals surface area contributed by atoms with E-state index in [4.69, 9.17) is 4.42 Å². The van der Waals surface area contributed by atoms with Gasteiger partial charge >= 0.3 is 0 Å². The summed E-state index contributed by atoms with van der Waals surface area (Å²) in [4.78, 5) is 12.2. The average molecular weight is 257 g/mol. The lowest BCUT2D eigenvalue weighted by atomic mass is 9.87. The lowest BCUT2D eigenvalue weighted by molar-refractivity contribution is 0.0897. The van der Waals surface area contributed by atoms with Gasteiger partial charge in [0.05, 0.1) is 0 Å². The van der Waals surface area contributed by atoms with Crippen LogP contribution < -0.4 is 5.32 Å². The molecule has 1 N–H and O–H groups in total. The molecule has 3 nitrogen and oxygen atoms in total. The van der Waals surface area contributed by atoms with Gasteiger partial charge in [-0.15, -0.1) is 0 Å². The number of para-hydroxylation sites is 1. The van der Waals surface area contributed by atoms with E-state index in [1.165, 1.54) is 12.8 Å². The van der Waals surface area contributed by atoms with Crippen LogP contribution in [0.3, 0.4) is 0 Å². The highest BCUT2D eigenvalue weighted by Gasteiger charge is 2.21. The first kappa shape index (κ1) is 12.3. The Labute approximate surface area is 113 Å². The quantitative estimate of drug-likeness (QED) is 0.890. The molecule has 1 heterocycles. The van der Waals surface area contributed by atoms with Gasteiger partial charge in [0.1, 0.15) is 5.58 Å². The van der Waals surface area contributed by atoms with Crippen LogP contribution in [0.4, 0.5) is 0 Å². The molecule has 0 aliphatic heterocycles. The van der Waals surface area contributed by atoms with Crippen molar-refractivity contribution in [1.29, 1.82) is 0 Å². The Morgan fingerprint density at radius 1 is 1.21 bits per heavy atom. The predicted molar refractivity (Wildman–Crippen MR) is 75.1 cm³/mol. The van der Waals surface area contributed by atoms with Gasteiger partial charge in [0.25, 0.3) is 5.91 Å².